The molecule has 1 aromatic carbocycles. The molecule has 1 unspecified atom stereocenters. The largest absolute Gasteiger partial charge is 0.377 e. The van der Waals surface area contributed by atoms with Crippen molar-refractivity contribution in [2.75, 3.05) is 19.8 Å². The monoisotopic (exact) mass is 473 g/mol. The second-order valence-corrected chi connectivity index (χ2v) is 10.8. The lowest BCUT2D eigenvalue weighted by Gasteiger charge is -2.20. The number of benzene rings is 1. The van der Waals surface area contributed by atoms with Gasteiger partial charge in [0.2, 0.25) is 0 Å². The van der Waals surface area contributed by atoms with Crippen LogP contribution in [0.4, 0.5) is 4.39 Å². The quantitative estimate of drug-likeness (QED) is 0.390. The van der Waals surface area contributed by atoms with Gasteiger partial charge in [-0.15, -0.1) is 0 Å². The summed E-state index contributed by atoms with van der Waals surface area (Å²) >= 11 is 6.08. The van der Waals surface area contributed by atoms with Crippen LogP contribution in [0.1, 0.15) is 70.4 Å². The Balaban J connectivity index is 1.84. The third-order valence-corrected chi connectivity index (χ3v) is 6.06. The van der Waals surface area contributed by atoms with Crippen molar-refractivity contribution >= 4 is 23.4 Å². The maximum Gasteiger partial charge on any atom is 0.127 e. The molecule has 182 valence electrons. The molecule has 0 aliphatic carbocycles. The Morgan fingerprint density at radius 3 is 2.76 bits per heavy atom. The smallest absolute Gasteiger partial charge is 0.127 e. The van der Waals surface area contributed by atoms with E-state index in [9.17, 15) is 4.39 Å². The van der Waals surface area contributed by atoms with Crippen molar-refractivity contribution < 1.29 is 4.39 Å². The molecule has 3 nitrogen and oxygen atoms in total. The Bertz CT molecular complexity index is 851. The first-order valence-corrected chi connectivity index (χ1v) is 12.4. The predicted octanol–water partition coefficient (Wildman–Crippen LogP) is 7.24. The highest BCUT2D eigenvalue weighted by atomic mass is 35.5. The molecule has 0 aromatic heterocycles. The minimum atomic E-state index is -0.159. The Morgan fingerprint density at radius 2 is 2.03 bits per heavy atom. The van der Waals surface area contributed by atoms with Crippen LogP contribution in [0.3, 0.4) is 0 Å². The van der Waals surface area contributed by atoms with Crippen molar-refractivity contribution in [2.24, 2.45) is 16.3 Å². The molecule has 1 aromatic rings. The van der Waals surface area contributed by atoms with E-state index in [-0.39, 0.29) is 11.2 Å². The predicted molar refractivity (Wildman–Crippen MR) is 142 cm³/mol. The minimum Gasteiger partial charge on any atom is -0.377 e. The van der Waals surface area contributed by atoms with Crippen LogP contribution in [0.2, 0.25) is 0 Å². The number of aliphatic imine (C=N–C) groups is 1. The van der Waals surface area contributed by atoms with Crippen LogP contribution in [0.15, 0.2) is 53.2 Å². The van der Waals surface area contributed by atoms with Crippen molar-refractivity contribution in [1.29, 1.82) is 0 Å². The van der Waals surface area contributed by atoms with Gasteiger partial charge in [-0.1, -0.05) is 69.7 Å². The van der Waals surface area contributed by atoms with E-state index in [1.165, 1.54) is 0 Å². The summed E-state index contributed by atoms with van der Waals surface area (Å²) in [5.74, 6) is 0.436. The van der Waals surface area contributed by atoms with E-state index >= 15 is 0 Å². The number of hydrogen-bond acceptors (Lipinski definition) is 3. The van der Waals surface area contributed by atoms with E-state index in [2.05, 4.69) is 49.6 Å². The third-order valence-electron chi connectivity index (χ3n) is 5.85. The first-order chi connectivity index (χ1) is 15.6. The molecule has 33 heavy (non-hydrogen) atoms. The zero-order valence-corrected chi connectivity index (χ0v) is 21.4. The molecule has 0 saturated heterocycles. The van der Waals surface area contributed by atoms with Crippen molar-refractivity contribution in [3.8, 4) is 0 Å². The van der Waals surface area contributed by atoms with Crippen LogP contribution in [0.25, 0.3) is 5.57 Å². The van der Waals surface area contributed by atoms with E-state index in [0.29, 0.717) is 29.6 Å². The van der Waals surface area contributed by atoms with E-state index < -0.39 is 0 Å². The van der Waals surface area contributed by atoms with Gasteiger partial charge in [-0.25, -0.2) is 4.39 Å². The number of allylic oxidation sites excluding steroid dienone is 3. The zero-order chi connectivity index (χ0) is 24.3. The Labute approximate surface area is 205 Å². The first kappa shape index (κ1) is 27.3. The van der Waals surface area contributed by atoms with Crippen molar-refractivity contribution in [3.05, 3.63) is 65.1 Å². The summed E-state index contributed by atoms with van der Waals surface area (Å²) in [4.78, 5) is 4.43. The fourth-order valence-corrected chi connectivity index (χ4v) is 4.38. The molecule has 0 spiro atoms. The minimum absolute atomic E-state index is 0.159. The van der Waals surface area contributed by atoms with Crippen LogP contribution in [-0.4, -0.2) is 26.0 Å². The first-order valence-electron chi connectivity index (χ1n) is 12.1. The summed E-state index contributed by atoms with van der Waals surface area (Å²) in [7, 11) is 0. The third kappa shape index (κ3) is 11.2. The molecule has 1 aliphatic heterocycles. The van der Waals surface area contributed by atoms with Gasteiger partial charge in [-0.05, 0) is 79.2 Å². The zero-order valence-electron chi connectivity index (χ0n) is 20.7. The van der Waals surface area contributed by atoms with Gasteiger partial charge in [0.25, 0.3) is 0 Å². The molecule has 0 bridgehead atoms. The molecule has 0 amide bonds. The topological polar surface area (TPSA) is 36.4 Å². The van der Waals surface area contributed by atoms with Gasteiger partial charge in [-0.3, -0.25) is 4.99 Å². The molecular weight excluding hydrogens is 433 g/mol. The molecule has 0 fully saturated rings. The van der Waals surface area contributed by atoms with E-state index in [4.69, 9.17) is 11.6 Å². The lowest BCUT2D eigenvalue weighted by atomic mass is 9.86. The van der Waals surface area contributed by atoms with Crippen molar-refractivity contribution in [1.82, 2.24) is 10.6 Å². The Morgan fingerprint density at radius 1 is 1.24 bits per heavy atom. The summed E-state index contributed by atoms with van der Waals surface area (Å²) < 4.78 is 14.7. The molecular formula is C28H41ClFN3. The van der Waals surface area contributed by atoms with Crippen LogP contribution in [0, 0.1) is 17.2 Å². The second kappa shape index (κ2) is 13.7. The second-order valence-electron chi connectivity index (χ2n) is 10.4. The molecule has 1 aliphatic rings. The average Bonchev–Trinajstić information content (AvgIpc) is 2.71. The maximum absolute atomic E-state index is 14.7. The summed E-state index contributed by atoms with van der Waals surface area (Å²) in [6.07, 6.45) is 10.1. The summed E-state index contributed by atoms with van der Waals surface area (Å²) in [6.45, 7) is 17.3. The Kier molecular flexibility index (Phi) is 11.4. The van der Waals surface area contributed by atoms with E-state index in [1.807, 2.05) is 12.1 Å². The molecule has 5 heteroatoms. The van der Waals surface area contributed by atoms with Gasteiger partial charge in [0.05, 0.1) is 11.7 Å². The molecule has 1 heterocycles. The lowest BCUT2D eigenvalue weighted by Crippen LogP contribution is -2.28. The molecule has 2 N–H and O–H groups in total. The van der Waals surface area contributed by atoms with Gasteiger partial charge in [0, 0.05) is 19.0 Å². The molecule has 1 atom stereocenters. The highest BCUT2D eigenvalue weighted by Gasteiger charge is 2.14. The number of rotatable bonds is 8. The highest BCUT2D eigenvalue weighted by Crippen LogP contribution is 2.28. The van der Waals surface area contributed by atoms with Gasteiger partial charge in [-0.2, -0.15) is 0 Å². The number of halogens is 2. The van der Waals surface area contributed by atoms with Gasteiger partial charge in [0.15, 0.2) is 0 Å². The van der Waals surface area contributed by atoms with Crippen LogP contribution < -0.4 is 10.6 Å². The summed E-state index contributed by atoms with van der Waals surface area (Å²) in [5.41, 5.74) is 3.84. The van der Waals surface area contributed by atoms with Gasteiger partial charge >= 0.3 is 0 Å². The fraction of sp³-hybridized carbons (Fsp3) is 0.536. The molecule has 2 rings (SSSR count). The van der Waals surface area contributed by atoms with Gasteiger partial charge in [0.1, 0.15) is 5.82 Å². The highest BCUT2D eigenvalue weighted by molar-refractivity contribution is 6.39. The average molecular weight is 474 g/mol. The van der Waals surface area contributed by atoms with Crippen LogP contribution in [0.5, 0.6) is 0 Å². The number of hydrogen-bond donors (Lipinski definition) is 2. The van der Waals surface area contributed by atoms with Gasteiger partial charge < -0.3 is 10.6 Å². The van der Waals surface area contributed by atoms with E-state index in [0.717, 1.165) is 68.3 Å². The lowest BCUT2D eigenvalue weighted by molar-refractivity contribution is 0.403. The fourth-order valence-electron chi connectivity index (χ4n) is 4.24. The molecule has 0 saturated carbocycles. The van der Waals surface area contributed by atoms with E-state index in [1.54, 1.807) is 18.5 Å². The number of nitrogens with zero attached hydrogens (tertiary/aromatic N) is 1. The summed E-state index contributed by atoms with van der Waals surface area (Å²) in [5, 5.41) is 7.13. The SMILES string of the molecule is C=C(Cc1ccc(C(=C)CCCC2CC/N=C\C(Cl)=C/NCNCC2)cc1F)CC(C)(C)C. The van der Waals surface area contributed by atoms with Crippen LogP contribution >= 0.6 is 11.6 Å². The maximum atomic E-state index is 14.7. The number of nitrogens with one attached hydrogen (secondary N) is 2. The normalized spacial score (nSPS) is 20.5. The Hall–Kier alpha value is -1.91. The molecule has 0 radical (unpaired) electrons. The summed E-state index contributed by atoms with van der Waals surface area (Å²) in [6, 6.07) is 5.54. The van der Waals surface area contributed by atoms with Crippen molar-refractivity contribution in [3.63, 3.8) is 0 Å². The van der Waals surface area contributed by atoms with Crippen molar-refractivity contribution in [2.45, 2.75) is 65.7 Å². The standard InChI is InChI=1S/C28H41ClFN3/c1-21(17-28(3,4)5)15-25-10-9-24(16-27(25)30)22(2)7-6-8-23-11-13-31-18-26(29)19-33-20-32-14-12-23/h9-10,16,18-19,23,32-33H,1-2,6-8,11-15,17,20H2,3-5H3/b26-19+,31-18-. The van der Waals surface area contributed by atoms with Crippen LogP contribution in [-0.2, 0) is 6.42 Å².